The molecule has 1 aromatic heterocycles. The smallest absolute Gasteiger partial charge is 0.164 e. The van der Waals surface area contributed by atoms with Crippen LogP contribution in [0.3, 0.4) is 0 Å². The predicted molar refractivity (Wildman–Crippen MR) is 117 cm³/mol. The lowest BCUT2D eigenvalue weighted by Gasteiger charge is -2.33. The van der Waals surface area contributed by atoms with Crippen molar-refractivity contribution in [1.82, 2.24) is 4.57 Å². The van der Waals surface area contributed by atoms with Crippen molar-refractivity contribution in [2.24, 2.45) is 0 Å². The van der Waals surface area contributed by atoms with E-state index < -0.39 is 0 Å². The Balaban J connectivity index is 1.92. The van der Waals surface area contributed by atoms with Crippen molar-refractivity contribution in [3.63, 3.8) is 0 Å². The molecular weight excluding hydrogens is 344 g/mol. The van der Waals surface area contributed by atoms with Gasteiger partial charge < -0.3 is 9.88 Å². The number of carbonyl (C=O) groups excluding carboxylic acids is 1. The summed E-state index contributed by atoms with van der Waals surface area (Å²) in [5, 5.41) is 3.57. The van der Waals surface area contributed by atoms with Gasteiger partial charge in [-0.15, -0.1) is 0 Å². The summed E-state index contributed by atoms with van der Waals surface area (Å²) in [7, 11) is 0. The minimum Gasteiger partial charge on any atom is -0.385 e. The van der Waals surface area contributed by atoms with Crippen LogP contribution >= 0.6 is 0 Å². The molecule has 0 amide bonds. The predicted octanol–water partition coefficient (Wildman–Crippen LogP) is 6.14. The van der Waals surface area contributed by atoms with Crippen LogP contribution in [-0.4, -0.2) is 16.9 Å². The van der Waals surface area contributed by atoms with Gasteiger partial charge in [0.05, 0.1) is 5.69 Å². The maximum Gasteiger partial charge on any atom is 0.164 e. The molecule has 0 radical (unpaired) electrons. The summed E-state index contributed by atoms with van der Waals surface area (Å²) in [5.41, 5.74) is 7.83. The van der Waals surface area contributed by atoms with Gasteiger partial charge in [-0.25, -0.2) is 0 Å². The van der Waals surface area contributed by atoms with E-state index in [0.717, 1.165) is 41.2 Å². The zero-order valence-corrected chi connectivity index (χ0v) is 17.2. The Morgan fingerprint density at radius 2 is 1.86 bits per heavy atom. The van der Waals surface area contributed by atoms with E-state index in [9.17, 15) is 4.79 Å². The minimum atomic E-state index is 0.180. The van der Waals surface area contributed by atoms with Gasteiger partial charge in [0, 0.05) is 41.2 Å². The average molecular weight is 373 g/mol. The van der Waals surface area contributed by atoms with Crippen molar-refractivity contribution in [2.75, 3.05) is 11.9 Å². The third kappa shape index (κ3) is 3.05. The second-order valence-corrected chi connectivity index (χ2v) is 8.30. The average Bonchev–Trinajstić information content (AvgIpc) is 3.04. The Hall–Kier alpha value is -2.81. The van der Waals surface area contributed by atoms with E-state index in [-0.39, 0.29) is 11.2 Å². The first kappa shape index (κ1) is 18.5. The van der Waals surface area contributed by atoms with Gasteiger partial charge in [-0.05, 0) is 48.6 Å². The molecule has 0 saturated heterocycles. The van der Waals surface area contributed by atoms with Crippen molar-refractivity contribution < 1.29 is 4.79 Å². The fourth-order valence-corrected chi connectivity index (χ4v) is 4.29. The summed E-state index contributed by atoms with van der Waals surface area (Å²) in [4.78, 5) is 12.6. The van der Waals surface area contributed by atoms with Crippen LogP contribution in [0.25, 0.3) is 16.9 Å². The van der Waals surface area contributed by atoms with Gasteiger partial charge in [0.1, 0.15) is 0 Å². The largest absolute Gasteiger partial charge is 0.385 e. The Bertz CT molecular complexity index is 1030. The molecule has 2 heterocycles. The molecule has 4 rings (SSSR count). The van der Waals surface area contributed by atoms with Crippen LogP contribution in [-0.2, 0) is 5.41 Å². The topological polar surface area (TPSA) is 34.0 Å². The number of hydrogen-bond acceptors (Lipinski definition) is 2. The number of ketones is 1. The molecule has 2 aromatic carbocycles. The number of nitrogens with zero attached hydrogens (tertiary/aromatic N) is 1. The second-order valence-electron chi connectivity index (χ2n) is 8.30. The first-order valence-electron chi connectivity index (χ1n) is 10.1. The molecule has 1 aliphatic heterocycles. The quantitative estimate of drug-likeness (QED) is 0.558. The van der Waals surface area contributed by atoms with Gasteiger partial charge in [-0.1, -0.05) is 51.1 Å². The van der Waals surface area contributed by atoms with Crippen molar-refractivity contribution in [2.45, 2.75) is 46.0 Å². The molecule has 0 atom stereocenters. The van der Waals surface area contributed by atoms with Crippen LogP contribution in [0, 0.1) is 6.92 Å². The van der Waals surface area contributed by atoms with E-state index in [1.165, 1.54) is 11.3 Å². The molecule has 3 aromatic rings. The van der Waals surface area contributed by atoms with E-state index in [1.807, 2.05) is 32.0 Å². The number of benzene rings is 2. The number of carbonyl (C=O) groups is 1. The Kier molecular flexibility index (Phi) is 4.62. The van der Waals surface area contributed by atoms with Gasteiger partial charge in [-0.2, -0.15) is 0 Å². The van der Waals surface area contributed by atoms with E-state index in [4.69, 9.17) is 0 Å². The number of anilines is 1. The molecule has 1 N–H and O–H groups in total. The monoisotopic (exact) mass is 372 g/mol. The number of aromatic nitrogens is 1. The zero-order valence-electron chi connectivity index (χ0n) is 17.2. The SMILES string of the molecule is CCC(=O)c1cc(-c2ccc3c(c2)NCCC3(C)C)n(-c2ccccc2)c1C. The second kappa shape index (κ2) is 6.97. The number of hydrogen-bond donors (Lipinski definition) is 1. The maximum atomic E-state index is 12.6. The van der Waals surface area contributed by atoms with Crippen molar-refractivity contribution in [3.05, 3.63) is 71.4 Å². The lowest BCUT2D eigenvalue weighted by atomic mass is 9.78. The van der Waals surface area contributed by atoms with Gasteiger partial charge in [-0.3, -0.25) is 4.79 Å². The van der Waals surface area contributed by atoms with Gasteiger partial charge >= 0.3 is 0 Å². The van der Waals surface area contributed by atoms with E-state index in [0.29, 0.717) is 6.42 Å². The van der Waals surface area contributed by atoms with Crippen molar-refractivity contribution >= 4 is 11.5 Å². The molecule has 0 bridgehead atoms. The lowest BCUT2D eigenvalue weighted by molar-refractivity contribution is 0.0987. The molecule has 0 spiro atoms. The Labute approximate surface area is 167 Å². The fraction of sp³-hybridized carbons (Fsp3) is 0.320. The summed E-state index contributed by atoms with van der Waals surface area (Å²) in [6.07, 6.45) is 1.65. The standard InChI is InChI=1S/C25H28N2O/c1-5-24(28)20-16-23(27(17(20)2)19-9-7-6-8-10-19)18-11-12-21-22(15-18)26-14-13-25(21,3)4/h6-12,15-16,26H,5,13-14H2,1-4H3. The highest BCUT2D eigenvalue weighted by atomic mass is 16.1. The molecule has 3 heteroatoms. The van der Waals surface area contributed by atoms with Crippen LogP contribution in [0.4, 0.5) is 5.69 Å². The Morgan fingerprint density at radius 1 is 1.11 bits per heavy atom. The van der Waals surface area contributed by atoms with E-state index in [1.54, 1.807) is 0 Å². The summed E-state index contributed by atoms with van der Waals surface area (Å²) < 4.78 is 2.21. The molecule has 144 valence electrons. The molecule has 28 heavy (non-hydrogen) atoms. The first-order chi connectivity index (χ1) is 13.4. The zero-order chi connectivity index (χ0) is 19.9. The molecule has 3 nitrogen and oxygen atoms in total. The van der Waals surface area contributed by atoms with Gasteiger partial charge in [0.2, 0.25) is 0 Å². The molecule has 0 aliphatic carbocycles. The highest BCUT2D eigenvalue weighted by molar-refractivity contribution is 5.98. The van der Waals surface area contributed by atoms with Crippen molar-refractivity contribution in [3.8, 4) is 16.9 Å². The third-order valence-corrected chi connectivity index (χ3v) is 5.99. The molecule has 1 aliphatic rings. The van der Waals surface area contributed by atoms with Crippen molar-refractivity contribution in [1.29, 1.82) is 0 Å². The fourth-order valence-electron chi connectivity index (χ4n) is 4.29. The van der Waals surface area contributed by atoms with Crippen LogP contribution in [0.1, 0.15) is 55.2 Å². The van der Waals surface area contributed by atoms with Gasteiger partial charge in [0.15, 0.2) is 5.78 Å². The van der Waals surface area contributed by atoms with Crippen LogP contribution in [0.5, 0.6) is 0 Å². The number of para-hydroxylation sites is 1. The number of nitrogens with one attached hydrogen (secondary N) is 1. The molecule has 0 unspecified atom stereocenters. The van der Waals surface area contributed by atoms with Crippen LogP contribution in [0.15, 0.2) is 54.6 Å². The first-order valence-corrected chi connectivity index (χ1v) is 10.1. The summed E-state index contributed by atoms with van der Waals surface area (Å²) in [6.45, 7) is 9.56. The highest BCUT2D eigenvalue weighted by Gasteiger charge is 2.28. The number of rotatable bonds is 4. The third-order valence-electron chi connectivity index (χ3n) is 5.99. The molecule has 0 fully saturated rings. The maximum absolute atomic E-state index is 12.6. The summed E-state index contributed by atoms with van der Waals surface area (Å²) >= 11 is 0. The molecule has 0 saturated carbocycles. The summed E-state index contributed by atoms with van der Waals surface area (Å²) in [6, 6.07) is 19.0. The van der Waals surface area contributed by atoms with E-state index >= 15 is 0 Å². The van der Waals surface area contributed by atoms with Gasteiger partial charge in [0.25, 0.3) is 0 Å². The lowest BCUT2D eigenvalue weighted by Crippen LogP contribution is -2.28. The molecular formula is C25H28N2O. The highest BCUT2D eigenvalue weighted by Crippen LogP contribution is 2.39. The van der Waals surface area contributed by atoms with Crippen LogP contribution in [0.2, 0.25) is 0 Å². The Morgan fingerprint density at radius 3 is 2.57 bits per heavy atom. The normalized spacial score (nSPS) is 15.0. The van der Waals surface area contributed by atoms with E-state index in [2.05, 4.69) is 60.1 Å². The number of Topliss-reactive ketones (excluding diaryl/α,β-unsaturated/α-hetero) is 1. The summed E-state index contributed by atoms with van der Waals surface area (Å²) in [5.74, 6) is 0.186. The van der Waals surface area contributed by atoms with Crippen LogP contribution < -0.4 is 5.32 Å². The number of fused-ring (bicyclic) bond motifs is 1. The minimum absolute atomic E-state index is 0.180.